The van der Waals surface area contributed by atoms with E-state index in [1.165, 1.54) is 23.5 Å². The van der Waals surface area contributed by atoms with Crippen LogP contribution in [0.15, 0.2) is 18.5 Å². The lowest BCUT2D eigenvalue weighted by Gasteiger charge is -2.09. The largest absolute Gasteiger partial charge is 0.354 e. The second kappa shape index (κ2) is 7.80. The number of nitrogens with one attached hydrogen (secondary N) is 1. The zero-order valence-electron chi connectivity index (χ0n) is 10.7. The van der Waals surface area contributed by atoms with Crippen LogP contribution < -0.4 is 5.32 Å². The number of thioether (sulfide) groups is 1. The van der Waals surface area contributed by atoms with E-state index in [-0.39, 0.29) is 0 Å². The third-order valence-corrected chi connectivity index (χ3v) is 3.68. The second-order valence-corrected chi connectivity index (χ2v) is 5.41. The maximum Gasteiger partial charge on any atom is 0.0306 e. The van der Waals surface area contributed by atoms with Gasteiger partial charge in [-0.25, -0.2) is 0 Å². The Balaban J connectivity index is 2.33. The Morgan fingerprint density at radius 3 is 2.94 bits per heavy atom. The average Bonchev–Trinajstić information content (AvgIpc) is 2.73. The number of nitrogens with zero attached hydrogens (tertiary/aromatic N) is 1. The molecule has 1 aromatic heterocycles. The molecule has 1 N–H and O–H groups in total. The van der Waals surface area contributed by atoms with Gasteiger partial charge < -0.3 is 9.88 Å². The standard InChI is InChI=1S/C13H24N2S/c1-4-14-12(3)13-7-9-15(11-13)8-6-10-16-5-2/h7,9,11-12,14H,4-6,8,10H2,1-3H3. The topological polar surface area (TPSA) is 17.0 Å². The lowest BCUT2D eigenvalue weighted by molar-refractivity contribution is 0.594. The van der Waals surface area contributed by atoms with Crippen molar-refractivity contribution in [3.63, 3.8) is 0 Å². The average molecular weight is 240 g/mol. The summed E-state index contributed by atoms with van der Waals surface area (Å²) in [4.78, 5) is 0. The molecular formula is C13H24N2S. The molecule has 0 saturated heterocycles. The van der Waals surface area contributed by atoms with Gasteiger partial charge in [-0.3, -0.25) is 0 Å². The molecule has 0 amide bonds. The van der Waals surface area contributed by atoms with Crippen LogP contribution in [0.4, 0.5) is 0 Å². The summed E-state index contributed by atoms with van der Waals surface area (Å²) >= 11 is 2.02. The van der Waals surface area contributed by atoms with Crippen molar-refractivity contribution in [3.8, 4) is 0 Å². The molecule has 1 unspecified atom stereocenters. The fraction of sp³-hybridized carbons (Fsp3) is 0.692. The molecule has 0 fully saturated rings. The third-order valence-electron chi connectivity index (χ3n) is 2.69. The molecule has 0 aromatic carbocycles. The smallest absolute Gasteiger partial charge is 0.0306 e. The molecule has 0 aliphatic rings. The van der Waals surface area contributed by atoms with Gasteiger partial charge in [-0.15, -0.1) is 0 Å². The molecule has 0 bridgehead atoms. The van der Waals surface area contributed by atoms with Crippen LogP contribution in [0.25, 0.3) is 0 Å². The van der Waals surface area contributed by atoms with Gasteiger partial charge in [-0.2, -0.15) is 11.8 Å². The lowest BCUT2D eigenvalue weighted by atomic mass is 10.2. The summed E-state index contributed by atoms with van der Waals surface area (Å²) in [5, 5.41) is 3.43. The maximum atomic E-state index is 3.43. The molecular weight excluding hydrogens is 216 g/mol. The summed E-state index contributed by atoms with van der Waals surface area (Å²) in [6, 6.07) is 2.69. The molecule has 2 nitrogen and oxygen atoms in total. The predicted molar refractivity (Wildman–Crippen MR) is 74.1 cm³/mol. The van der Waals surface area contributed by atoms with Crippen molar-refractivity contribution >= 4 is 11.8 Å². The van der Waals surface area contributed by atoms with E-state index in [2.05, 4.69) is 49.1 Å². The van der Waals surface area contributed by atoms with E-state index in [4.69, 9.17) is 0 Å². The van der Waals surface area contributed by atoms with E-state index in [0.29, 0.717) is 6.04 Å². The van der Waals surface area contributed by atoms with E-state index < -0.39 is 0 Å². The number of aromatic nitrogens is 1. The van der Waals surface area contributed by atoms with E-state index in [1.807, 2.05) is 11.8 Å². The maximum absolute atomic E-state index is 3.43. The molecule has 3 heteroatoms. The highest BCUT2D eigenvalue weighted by Gasteiger charge is 2.04. The van der Waals surface area contributed by atoms with Crippen LogP contribution in [0, 0.1) is 0 Å². The quantitative estimate of drug-likeness (QED) is 0.702. The van der Waals surface area contributed by atoms with Crippen LogP contribution in [0.1, 0.15) is 38.8 Å². The van der Waals surface area contributed by atoms with Crippen molar-refractivity contribution in [1.82, 2.24) is 9.88 Å². The zero-order valence-corrected chi connectivity index (χ0v) is 11.5. The van der Waals surface area contributed by atoms with Gasteiger partial charge in [0.15, 0.2) is 0 Å². The molecule has 0 spiro atoms. The second-order valence-electron chi connectivity index (χ2n) is 4.01. The first-order valence-corrected chi connectivity index (χ1v) is 7.40. The normalized spacial score (nSPS) is 12.9. The van der Waals surface area contributed by atoms with E-state index in [0.717, 1.165) is 13.1 Å². The number of rotatable bonds is 8. The highest BCUT2D eigenvalue weighted by atomic mass is 32.2. The first kappa shape index (κ1) is 13.7. The molecule has 0 aliphatic heterocycles. The lowest BCUT2D eigenvalue weighted by Crippen LogP contribution is -2.17. The predicted octanol–water partition coefficient (Wildman–Crippen LogP) is 3.30. The first-order valence-electron chi connectivity index (χ1n) is 6.24. The minimum absolute atomic E-state index is 0.469. The van der Waals surface area contributed by atoms with Crippen molar-refractivity contribution < 1.29 is 0 Å². The monoisotopic (exact) mass is 240 g/mol. The highest BCUT2D eigenvalue weighted by molar-refractivity contribution is 7.99. The van der Waals surface area contributed by atoms with Gasteiger partial charge in [0, 0.05) is 25.0 Å². The van der Waals surface area contributed by atoms with Gasteiger partial charge in [0.05, 0.1) is 0 Å². The summed E-state index contributed by atoms with van der Waals surface area (Å²) in [5.74, 6) is 2.50. The molecule has 1 aromatic rings. The van der Waals surface area contributed by atoms with Gasteiger partial charge in [-0.05, 0) is 43.0 Å². The van der Waals surface area contributed by atoms with Gasteiger partial charge in [0.25, 0.3) is 0 Å². The Kier molecular flexibility index (Phi) is 6.65. The molecule has 1 atom stereocenters. The SMILES string of the molecule is CCNC(C)c1ccn(CCCSCC)c1. The molecule has 16 heavy (non-hydrogen) atoms. The number of hydrogen-bond donors (Lipinski definition) is 1. The highest BCUT2D eigenvalue weighted by Crippen LogP contribution is 2.13. The Bertz CT molecular complexity index is 283. The van der Waals surface area contributed by atoms with Gasteiger partial charge >= 0.3 is 0 Å². The van der Waals surface area contributed by atoms with E-state index >= 15 is 0 Å². The van der Waals surface area contributed by atoms with Crippen LogP contribution in [-0.2, 0) is 6.54 Å². The van der Waals surface area contributed by atoms with Crippen molar-refractivity contribution in [2.24, 2.45) is 0 Å². The minimum Gasteiger partial charge on any atom is -0.354 e. The first-order chi connectivity index (χ1) is 7.77. The molecule has 0 aliphatic carbocycles. The fourth-order valence-corrected chi connectivity index (χ4v) is 2.39. The zero-order chi connectivity index (χ0) is 11.8. The van der Waals surface area contributed by atoms with Crippen molar-refractivity contribution in [2.45, 2.75) is 39.8 Å². The molecule has 0 saturated carbocycles. The van der Waals surface area contributed by atoms with Gasteiger partial charge in [-0.1, -0.05) is 13.8 Å². The van der Waals surface area contributed by atoms with Crippen LogP contribution >= 0.6 is 11.8 Å². The Morgan fingerprint density at radius 2 is 2.25 bits per heavy atom. The Hall–Kier alpha value is -0.410. The summed E-state index contributed by atoms with van der Waals surface area (Å²) in [7, 11) is 0. The number of aryl methyl sites for hydroxylation is 1. The Morgan fingerprint density at radius 1 is 1.44 bits per heavy atom. The summed E-state index contributed by atoms with van der Waals surface area (Å²) in [6.07, 6.45) is 5.73. The summed E-state index contributed by atoms with van der Waals surface area (Å²) in [5.41, 5.74) is 1.39. The van der Waals surface area contributed by atoms with Crippen molar-refractivity contribution in [2.75, 3.05) is 18.1 Å². The summed E-state index contributed by atoms with van der Waals surface area (Å²) < 4.78 is 2.30. The third kappa shape index (κ3) is 4.62. The number of hydrogen-bond acceptors (Lipinski definition) is 2. The van der Waals surface area contributed by atoms with Gasteiger partial charge in [0.2, 0.25) is 0 Å². The van der Waals surface area contributed by atoms with Crippen molar-refractivity contribution in [3.05, 3.63) is 24.0 Å². The van der Waals surface area contributed by atoms with Crippen LogP contribution in [0.2, 0.25) is 0 Å². The van der Waals surface area contributed by atoms with Gasteiger partial charge in [0.1, 0.15) is 0 Å². The van der Waals surface area contributed by atoms with Crippen molar-refractivity contribution in [1.29, 1.82) is 0 Å². The molecule has 92 valence electrons. The summed E-state index contributed by atoms with van der Waals surface area (Å²) in [6.45, 7) is 8.76. The van der Waals surface area contributed by atoms with E-state index in [1.54, 1.807) is 0 Å². The van der Waals surface area contributed by atoms with Crippen LogP contribution in [-0.4, -0.2) is 22.6 Å². The molecule has 1 heterocycles. The molecule has 0 radical (unpaired) electrons. The minimum atomic E-state index is 0.469. The fourth-order valence-electron chi connectivity index (χ4n) is 1.77. The Labute approximate surface area is 104 Å². The van der Waals surface area contributed by atoms with Crippen LogP contribution in [0.5, 0.6) is 0 Å². The van der Waals surface area contributed by atoms with Crippen LogP contribution in [0.3, 0.4) is 0 Å². The van der Waals surface area contributed by atoms with E-state index in [9.17, 15) is 0 Å². The molecule has 1 rings (SSSR count).